The molecule has 1 fully saturated rings. The van der Waals surface area contributed by atoms with Crippen molar-refractivity contribution in [3.05, 3.63) is 58.9 Å². The Hall–Kier alpha value is -3.06. The second-order valence-corrected chi connectivity index (χ2v) is 7.50. The molecule has 0 bridgehead atoms. The van der Waals surface area contributed by atoms with Crippen molar-refractivity contribution in [2.45, 2.75) is 31.7 Å². The van der Waals surface area contributed by atoms with E-state index in [9.17, 15) is 14.3 Å². The van der Waals surface area contributed by atoms with Gasteiger partial charge in [0, 0.05) is 29.7 Å². The van der Waals surface area contributed by atoms with E-state index in [2.05, 4.69) is 15.0 Å². The van der Waals surface area contributed by atoms with Gasteiger partial charge in [-0.05, 0) is 60.9 Å². The number of aryl methyl sites for hydroxylation is 1. The van der Waals surface area contributed by atoms with E-state index in [0.717, 1.165) is 35.2 Å². The Morgan fingerprint density at radius 2 is 2.11 bits per heavy atom. The average molecular weight is 378 g/mol. The van der Waals surface area contributed by atoms with Crippen LogP contribution in [0.1, 0.15) is 46.1 Å². The van der Waals surface area contributed by atoms with Crippen LogP contribution in [0.2, 0.25) is 0 Å². The molecule has 2 aliphatic rings. The van der Waals surface area contributed by atoms with Gasteiger partial charge in [-0.25, -0.2) is 9.78 Å². The molecule has 6 nitrogen and oxygen atoms in total. The van der Waals surface area contributed by atoms with Crippen LogP contribution >= 0.6 is 0 Å². The average Bonchev–Trinajstić information content (AvgIpc) is 3.46. The lowest BCUT2D eigenvalue weighted by atomic mass is 9.88. The fourth-order valence-corrected chi connectivity index (χ4v) is 4.13. The van der Waals surface area contributed by atoms with E-state index >= 15 is 0 Å². The van der Waals surface area contributed by atoms with Crippen molar-refractivity contribution in [1.82, 2.24) is 15.0 Å². The van der Waals surface area contributed by atoms with E-state index in [1.807, 2.05) is 6.07 Å². The van der Waals surface area contributed by atoms with Gasteiger partial charge in [-0.15, -0.1) is 0 Å². The monoisotopic (exact) mass is 378 g/mol. The van der Waals surface area contributed by atoms with Crippen molar-refractivity contribution in [2.24, 2.45) is 11.7 Å². The number of hydrogen-bond acceptors (Lipinski definition) is 4. The summed E-state index contributed by atoms with van der Waals surface area (Å²) in [6.45, 7) is 0. The van der Waals surface area contributed by atoms with Crippen LogP contribution < -0.4 is 5.73 Å². The molecular weight excluding hydrogens is 359 g/mol. The minimum absolute atomic E-state index is 0.297. The van der Waals surface area contributed by atoms with Crippen LogP contribution in [0.4, 0.5) is 4.39 Å². The molecule has 0 radical (unpaired) electrons. The molecule has 3 heterocycles. The number of H-pyrrole nitrogens is 1. The first-order chi connectivity index (χ1) is 13.5. The maximum atomic E-state index is 14.1. The van der Waals surface area contributed by atoms with Crippen LogP contribution in [0, 0.1) is 11.9 Å². The third-order valence-electron chi connectivity index (χ3n) is 5.74. The molecule has 5 rings (SSSR count). The number of hydrogen-bond donors (Lipinski definition) is 3. The summed E-state index contributed by atoms with van der Waals surface area (Å²) in [4.78, 5) is 23.4. The van der Waals surface area contributed by atoms with Gasteiger partial charge in [0.2, 0.25) is 5.95 Å². The molecule has 0 amide bonds. The van der Waals surface area contributed by atoms with Crippen molar-refractivity contribution in [3.8, 4) is 22.5 Å². The summed E-state index contributed by atoms with van der Waals surface area (Å²) in [5.41, 5.74) is 11.4. The van der Waals surface area contributed by atoms with Gasteiger partial charge >= 0.3 is 5.97 Å². The van der Waals surface area contributed by atoms with Crippen LogP contribution in [0.15, 0.2) is 30.6 Å². The van der Waals surface area contributed by atoms with E-state index in [-0.39, 0.29) is 6.04 Å². The molecule has 142 valence electrons. The summed E-state index contributed by atoms with van der Waals surface area (Å²) in [5.74, 6) is -1.21. The number of rotatable bonds is 4. The highest BCUT2D eigenvalue weighted by Gasteiger charge is 2.36. The number of carboxylic acid groups (broad SMARTS) is 1. The van der Waals surface area contributed by atoms with E-state index in [1.54, 1.807) is 18.3 Å². The summed E-state index contributed by atoms with van der Waals surface area (Å²) in [5, 5.41) is 9.83. The third kappa shape index (κ3) is 2.62. The van der Waals surface area contributed by atoms with Crippen LogP contribution in [0.5, 0.6) is 0 Å². The molecule has 3 aromatic heterocycles. The lowest BCUT2D eigenvalue weighted by Crippen LogP contribution is -2.17. The summed E-state index contributed by atoms with van der Waals surface area (Å²) < 4.78 is 14.1. The van der Waals surface area contributed by atoms with Crippen molar-refractivity contribution in [2.75, 3.05) is 0 Å². The smallest absolute Gasteiger partial charge is 0.337 e. The zero-order valence-corrected chi connectivity index (χ0v) is 15.1. The molecule has 3 aromatic rings. The number of fused-ring (bicyclic) bond motifs is 3. The highest BCUT2D eigenvalue weighted by Crippen LogP contribution is 2.44. The largest absolute Gasteiger partial charge is 0.478 e. The Morgan fingerprint density at radius 3 is 2.82 bits per heavy atom. The number of nitrogens with two attached hydrogens (primary N) is 1. The second-order valence-electron chi connectivity index (χ2n) is 7.50. The summed E-state index contributed by atoms with van der Waals surface area (Å²) in [7, 11) is 0. The number of pyridine rings is 2. The first-order valence-corrected chi connectivity index (χ1v) is 9.38. The quantitative estimate of drug-likeness (QED) is 0.603. The molecule has 1 saturated carbocycles. The van der Waals surface area contributed by atoms with Crippen LogP contribution in [-0.2, 0) is 12.8 Å². The van der Waals surface area contributed by atoms with Crippen molar-refractivity contribution in [3.63, 3.8) is 0 Å². The van der Waals surface area contributed by atoms with Gasteiger partial charge in [-0.3, -0.25) is 4.98 Å². The topological polar surface area (TPSA) is 105 Å². The number of aromatic nitrogens is 3. The highest BCUT2D eigenvalue weighted by molar-refractivity contribution is 5.95. The van der Waals surface area contributed by atoms with E-state index in [4.69, 9.17) is 5.73 Å². The minimum Gasteiger partial charge on any atom is -0.478 e. The van der Waals surface area contributed by atoms with Crippen molar-refractivity contribution >= 4 is 5.97 Å². The van der Waals surface area contributed by atoms with Gasteiger partial charge in [-0.2, -0.15) is 4.39 Å². The lowest BCUT2D eigenvalue weighted by Gasteiger charge is -2.17. The number of nitrogens with zero attached hydrogens (tertiary/aromatic N) is 2. The molecule has 7 heteroatoms. The fourth-order valence-electron chi connectivity index (χ4n) is 4.13. The molecule has 1 atom stereocenters. The first-order valence-electron chi connectivity index (χ1n) is 9.38. The molecule has 28 heavy (non-hydrogen) atoms. The first kappa shape index (κ1) is 17.1. The number of nitrogens with one attached hydrogen (secondary N) is 1. The number of halogens is 1. The van der Waals surface area contributed by atoms with Gasteiger partial charge in [0.25, 0.3) is 0 Å². The highest BCUT2D eigenvalue weighted by atomic mass is 19.1. The lowest BCUT2D eigenvalue weighted by molar-refractivity contribution is 0.0694. The van der Waals surface area contributed by atoms with Gasteiger partial charge in [0.05, 0.1) is 22.5 Å². The standard InChI is InChI=1S/C21H19FN4O2/c22-20-12(2-1-7-24-20)15-8-14-11(9-25-15)5-6-13-16(21(27)28)19(26-18(13)14)17(23)10-3-4-10/h1-2,7-10,17,26H,3-6,23H2,(H,27,28). The molecule has 2 aliphatic carbocycles. The normalized spacial score (nSPS) is 16.4. The zero-order valence-electron chi connectivity index (χ0n) is 15.1. The Kier molecular flexibility index (Phi) is 3.80. The van der Waals surface area contributed by atoms with Crippen LogP contribution in [0.3, 0.4) is 0 Å². The molecular formula is C21H19FN4O2. The molecule has 0 spiro atoms. The van der Waals surface area contributed by atoms with Gasteiger partial charge < -0.3 is 15.8 Å². The van der Waals surface area contributed by atoms with Crippen molar-refractivity contribution < 1.29 is 14.3 Å². The van der Waals surface area contributed by atoms with E-state index < -0.39 is 11.9 Å². The molecule has 0 aromatic carbocycles. The Labute approximate surface area is 160 Å². The SMILES string of the molecule is NC(c1[nH]c2c(c1C(=O)O)CCc1cnc(-c3cccnc3F)cc1-2)C1CC1. The fraction of sp³-hybridized carbons (Fsp3) is 0.286. The summed E-state index contributed by atoms with van der Waals surface area (Å²) in [6.07, 6.45) is 6.47. The zero-order chi connectivity index (χ0) is 19.4. The maximum absolute atomic E-state index is 14.1. The predicted octanol–water partition coefficient (Wildman–Crippen LogP) is 3.48. The predicted molar refractivity (Wildman–Crippen MR) is 101 cm³/mol. The minimum atomic E-state index is -0.959. The van der Waals surface area contributed by atoms with Gasteiger partial charge in [-0.1, -0.05) is 0 Å². The Bertz CT molecular complexity index is 1100. The number of aromatic amines is 1. The Balaban J connectivity index is 1.68. The number of carboxylic acids is 1. The van der Waals surface area contributed by atoms with Crippen LogP contribution in [0.25, 0.3) is 22.5 Å². The molecule has 0 aliphatic heterocycles. The Morgan fingerprint density at radius 1 is 1.29 bits per heavy atom. The molecule has 1 unspecified atom stereocenters. The summed E-state index contributed by atoms with van der Waals surface area (Å²) >= 11 is 0. The second kappa shape index (κ2) is 6.24. The van der Waals surface area contributed by atoms with E-state index in [1.165, 1.54) is 6.20 Å². The van der Waals surface area contributed by atoms with Gasteiger partial charge in [0.1, 0.15) is 0 Å². The molecule has 4 N–H and O–H groups in total. The van der Waals surface area contributed by atoms with E-state index in [0.29, 0.717) is 41.3 Å². The summed E-state index contributed by atoms with van der Waals surface area (Å²) in [6, 6.07) is 4.79. The molecule has 0 saturated heterocycles. The van der Waals surface area contributed by atoms with Crippen LogP contribution in [-0.4, -0.2) is 26.0 Å². The van der Waals surface area contributed by atoms with Gasteiger partial charge in [0.15, 0.2) is 0 Å². The maximum Gasteiger partial charge on any atom is 0.337 e. The number of aromatic carboxylic acids is 1. The number of carbonyl (C=O) groups is 1. The van der Waals surface area contributed by atoms with Crippen molar-refractivity contribution in [1.29, 1.82) is 0 Å². The third-order valence-corrected chi connectivity index (χ3v) is 5.74.